The summed E-state index contributed by atoms with van der Waals surface area (Å²) in [7, 11) is 0. The zero-order valence-corrected chi connectivity index (χ0v) is 14.0. The molecule has 0 bridgehead atoms. The second-order valence-electron chi connectivity index (χ2n) is 5.81. The number of pyridine rings is 2. The highest BCUT2D eigenvalue weighted by Gasteiger charge is 2.08. The molecule has 0 N–H and O–H groups in total. The molecule has 3 aromatic heterocycles. The highest BCUT2D eigenvalue weighted by Crippen LogP contribution is 2.18. The summed E-state index contributed by atoms with van der Waals surface area (Å²) in [5, 5.41) is 0. The molecule has 3 heterocycles. The Morgan fingerprint density at radius 3 is 2.54 bits per heavy atom. The van der Waals surface area contributed by atoms with Gasteiger partial charge in [0.05, 0.1) is 11.9 Å². The average Bonchev–Trinajstić information content (AvgIpc) is 2.91. The highest BCUT2D eigenvalue weighted by molar-refractivity contribution is 5.74. The number of hydrogen-bond acceptors (Lipinski definition) is 4. The van der Waals surface area contributed by atoms with Crippen molar-refractivity contribution < 1.29 is 9.53 Å². The Bertz CT molecular complexity index is 865. The van der Waals surface area contributed by atoms with Crippen molar-refractivity contribution >= 4 is 6.29 Å². The maximum atomic E-state index is 10.8. The number of carbonyl (C=O) groups excluding carboxylic acids is 1. The van der Waals surface area contributed by atoms with Crippen LogP contribution in [0.25, 0.3) is 5.82 Å². The van der Waals surface area contributed by atoms with Gasteiger partial charge in [0.25, 0.3) is 0 Å². The lowest BCUT2D eigenvalue weighted by molar-refractivity contribution is 0.112. The number of carbonyl (C=O) groups is 1. The van der Waals surface area contributed by atoms with E-state index < -0.39 is 0 Å². The largest absolute Gasteiger partial charge is 0.486 e. The van der Waals surface area contributed by atoms with Crippen molar-refractivity contribution in [1.29, 1.82) is 0 Å². The van der Waals surface area contributed by atoms with Gasteiger partial charge in [0.1, 0.15) is 18.2 Å². The van der Waals surface area contributed by atoms with E-state index in [0.717, 1.165) is 34.7 Å². The third kappa shape index (κ3) is 3.35. The summed E-state index contributed by atoms with van der Waals surface area (Å²) in [5.74, 6) is 1.44. The van der Waals surface area contributed by atoms with Crippen LogP contribution in [0, 0.1) is 20.8 Å². The molecule has 0 fully saturated rings. The summed E-state index contributed by atoms with van der Waals surface area (Å²) >= 11 is 0. The van der Waals surface area contributed by atoms with E-state index in [1.54, 1.807) is 12.3 Å². The first kappa shape index (κ1) is 15.9. The smallest absolute Gasteiger partial charge is 0.151 e. The molecule has 0 amide bonds. The van der Waals surface area contributed by atoms with E-state index in [-0.39, 0.29) is 0 Å². The Morgan fingerprint density at radius 2 is 1.83 bits per heavy atom. The molecule has 0 aliphatic heterocycles. The van der Waals surface area contributed by atoms with E-state index in [4.69, 9.17) is 9.72 Å². The van der Waals surface area contributed by atoms with Crippen molar-refractivity contribution in [2.45, 2.75) is 27.4 Å². The van der Waals surface area contributed by atoms with Gasteiger partial charge in [-0.3, -0.25) is 9.78 Å². The van der Waals surface area contributed by atoms with Gasteiger partial charge in [-0.1, -0.05) is 0 Å². The van der Waals surface area contributed by atoms with Crippen LogP contribution < -0.4 is 4.74 Å². The number of aromatic nitrogens is 3. The van der Waals surface area contributed by atoms with E-state index in [2.05, 4.69) is 41.6 Å². The van der Waals surface area contributed by atoms with Gasteiger partial charge in [-0.25, -0.2) is 4.98 Å². The Hall–Kier alpha value is -2.95. The second-order valence-corrected chi connectivity index (χ2v) is 5.81. The van der Waals surface area contributed by atoms with Crippen LogP contribution in [0.5, 0.6) is 5.75 Å². The SMILES string of the molecule is Cc1cc(COc2cncc(C=O)c2)nc(-n2c(C)ccc2C)c1. The molecule has 5 heteroatoms. The van der Waals surface area contributed by atoms with Crippen LogP contribution in [0.1, 0.15) is 33.0 Å². The summed E-state index contributed by atoms with van der Waals surface area (Å²) in [4.78, 5) is 19.5. The lowest BCUT2D eigenvalue weighted by Crippen LogP contribution is -2.06. The minimum Gasteiger partial charge on any atom is -0.486 e. The highest BCUT2D eigenvalue weighted by atomic mass is 16.5. The maximum absolute atomic E-state index is 10.8. The lowest BCUT2D eigenvalue weighted by Gasteiger charge is -2.12. The third-order valence-electron chi connectivity index (χ3n) is 3.77. The Kier molecular flexibility index (Phi) is 4.42. The van der Waals surface area contributed by atoms with Crippen molar-refractivity contribution in [3.05, 3.63) is 70.9 Å². The fraction of sp³-hybridized carbons (Fsp3) is 0.211. The van der Waals surface area contributed by atoms with E-state index in [1.807, 2.05) is 13.0 Å². The third-order valence-corrected chi connectivity index (χ3v) is 3.77. The standard InChI is InChI=1S/C19H19N3O2/c1-13-6-17(12-24-18-8-16(11-23)9-20-10-18)21-19(7-13)22-14(2)4-5-15(22)3/h4-11H,12H2,1-3H3. The van der Waals surface area contributed by atoms with Crippen LogP contribution in [-0.4, -0.2) is 20.8 Å². The minimum absolute atomic E-state index is 0.317. The summed E-state index contributed by atoms with van der Waals surface area (Å²) in [5.41, 5.74) is 4.71. The van der Waals surface area contributed by atoms with Crippen molar-refractivity contribution in [2.75, 3.05) is 0 Å². The van der Waals surface area contributed by atoms with Gasteiger partial charge in [0, 0.05) is 23.1 Å². The molecule has 0 saturated carbocycles. The van der Waals surface area contributed by atoms with Gasteiger partial charge in [0.2, 0.25) is 0 Å². The van der Waals surface area contributed by atoms with E-state index in [0.29, 0.717) is 17.9 Å². The first-order valence-electron chi connectivity index (χ1n) is 7.73. The molecule has 0 spiro atoms. The molecule has 3 aromatic rings. The van der Waals surface area contributed by atoms with Crippen molar-refractivity contribution in [2.24, 2.45) is 0 Å². The maximum Gasteiger partial charge on any atom is 0.151 e. The summed E-state index contributed by atoms with van der Waals surface area (Å²) in [6.45, 7) is 6.48. The van der Waals surface area contributed by atoms with Crippen molar-refractivity contribution in [3.8, 4) is 11.6 Å². The van der Waals surface area contributed by atoms with Gasteiger partial charge in [-0.2, -0.15) is 0 Å². The zero-order valence-electron chi connectivity index (χ0n) is 14.0. The first-order valence-corrected chi connectivity index (χ1v) is 7.73. The van der Waals surface area contributed by atoms with Crippen LogP contribution >= 0.6 is 0 Å². The molecular formula is C19H19N3O2. The first-order chi connectivity index (χ1) is 11.6. The molecular weight excluding hydrogens is 302 g/mol. The number of aryl methyl sites for hydroxylation is 3. The zero-order chi connectivity index (χ0) is 17.1. The molecule has 122 valence electrons. The second kappa shape index (κ2) is 6.66. The molecule has 0 saturated heterocycles. The molecule has 0 radical (unpaired) electrons. The van der Waals surface area contributed by atoms with Crippen molar-refractivity contribution in [1.82, 2.24) is 14.5 Å². The Labute approximate surface area is 141 Å². The molecule has 0 unspecified atom stereocenters. The monoisotopic (exact) mass is 321 g/mol. The van der Waals surface area contributed by atoms with Crippen LogP contribution in [0.4, 0.5) is 0 Å². The van der Waals surface area contributed by atoms with Crippen LogP contribution in [0.3, 0.4) is 0 Å². The van der Waals surface area contributed by atoms with Gasteiger partial charge in [0.15, 0.2) is 6.29 Å². The van der Waals surface area contributed by atoms with Gasteiger partial charge < -0.3 is 9.30 Å². The predicted molar refractivity (Wildman–Crippen MR) is 91.7 cm³/mol. The van der Waals surface area contributed by atoms with Gasteiger partial charge >= 0.3 is 0 Å². The number of nitrogens with zero attached hydrogens (tertiary/aromatic N) is 3. The Balaban J connectivity index is 1.85. The molecule has 24 heavy (non-hydrogen) atoms. The van der Waals surface area contributed by atoms with Gasteiger partial charge in [-0.15, -0.1) is 0 Å². The van der Waals surface area contributed by atoms with Crippen LogP contribution in [-0.2, 0) is 6.61 Å². The normalized spacial score (nSPS) is 10.6. The minimum atomic E-state index is 0.317. The molecule has 0 aromatic carbocycles. The number of ether oxygens (including phenoxy) is 1. The van der Waals surface area contributed by atoms with Gasteiger partial charge in [-0.05, 0) is 56.7 Å². The summed E-state index contributed by atoms with van der Waals surface area (Å²) in [6, 6.07) is 9.86. The summed E-state index contributed by atoms with van der Waals surface area (Å²) in [6.07, 6.45) is 3.84. The average molecular weight is 321 g/mol. The number of aldehydes is 1. The van der Waals surface area contributed by atoms with E-state index in [1.165, 1.54) is 6.20 Å². The fourth-order valence-electron chi connectivity index (χ4n) is 2.67. The predicted octanol–water partition coefficient (Wildman–Crippen LogP) is 3.58. The molecule has 3 rings (SSSR count). The summed E-state index contributed by atoms with van der Waals surface area (Å²) < 4.78 is 7.85. The number of hydrogen-bond donors (Lipinski definition) is 0. The molecule has 0 aliphatic carbocycles. The van der Waals surface area contributed by atoms with Crippen LogP contribution in [0.2, 0.25) is 0 Å². The van der Waals surface area contributed by atoms with Crippen molar-refractivity contribution in [3.63, 3.8) is 0 Å². The van der Waals surface area contributed by atoms with E-state index >= 15 is 0 Å². The Morgan fingerprint density at radius 1 is 1.08 bits per heavy atom. The lowest BCUT2D eigenvalue weighted by atomic mass is 10.2. The number of rotatable bonds is 5. The molecule has 0 aliphatic rings. The topological polar surface area (TPSA) is 57.0 Å². The quantitative estimate of drug-likeness (QED) is 0.674. The fourth-order valence-corrected chi connectivity index (χ4v) is 2.67. The molecule has 5 nitrogen and oxygen atoms in total. The molecule has 0 atom stereocenters. The van der Waals surface area contributed by atoms with Crippen LogP contribution in [0.15, 0.2) is 42.7 Å². The van der Waals surface area contributed by atoms with E-state index in [9.17, 15) is 4.79 Å².